The molecule has 3 rings (SSSR count). The van der Waals surface area contributed by atoms with Crippen LogP contribution in [0.1, 0.15) is 24.8 Å². The van der Waals surface area contributed by atoms with Crippen LogP contribution < -0.4 is 4.74 Å². The second kappa shape index (κ2) is 8.34. The first-order chi connectivity index (χ1) is 12.2. The molecule has 0 radical (unpaired) electrons. The van der Waals surface area contributed by atoms with Gasteiger partial charge in [0, 0.05) is 19.6 Å². The summed E-state index contributed by atoms with van der Waals surface area (Å²) in [4.78, 5) is 29.3. The van der Waals surface area contributed by atoms with Gasteiger partial charge in [0.25, 0.3) is 0 Å². The molecular formula is C19H26N2O4. The number of nitrogens with zero attached hydrogens (tertiary/aromatic N) is 2. The summed E-state index contributed by atoms with van der Waals surface area (Å²) in [5.74, 6) is 0.872. The summed E-state index contributed by atoms with van der Waals surface area (Å²) in [7, 11) is 1.62. The van der Waals surface area contributed by atoms with E-state index in [0.29, 0.717) is 39.3 Å². The van der Waals surface area contributed by atoms with E-state index in [2.05, 4.69) is 0 Å². The number of methoxy groups -OCH3 is 1. The number of morpholine rings is 1. The van der Waals surface area contributed by atoms with E-state index in [1.54, 1.807) is 12.0 Å². The van der Waals surface area contributed by atoms with Crippen LogP contribution in [-0.4, -0.2) is 67.6 Å². The minimum atomic E-state index is -0.322. The highest BCUT2D eigenvalue weighted by Crippen LogP contribution is 2.21. The van der Waals surface area contributed by atoms with Crippen LogP contribution in [0.15, 0.2) is 24.3 Å². The Morgan fingerprint density at radius 3 is 2.52 bits per heavy atom. The molecule has 25 heavy (non-hydrogen) atoms. The lowest BCUT2D eigenvalue weighted by Gasteiger charge is -2.38. The standard InChI is InChI=1S/C19H26N2O4/c1-24-16-7-5-15(6-8-16)14-18(22)21-9-3-2-4-17(21)19(23)20-10-12-25-13-11-20/h5-8,17H,2-4,9-14H2,1H3/t17-/m0/s1. The number of likely N-dealkylation sites (tertiary alicyclic amines) is 1. The van der Waals surface area contributed by atoms with Gasteiger partial charge in [0.15, 0.2) is 0 Å². The zero-order chi connectivity index (χ0) is 17.6. The summed E-state index contributed by atoms with van der Waals surface area (Å²) in [5, 5.41) is 0. The zero-order valence-electron chi connectivity index (χ0n) is 14.8. The van der Waals surface area contributed by atoms with E-state index in [1.165, 1.54) is 0 Å². The third-order valence-corrected chi connectivity index (χ3v) is 4.95. The van der Waals surface area contributed by atoms with Crippen molar-refractivity contribution in [3.05, 3.63) is 29.8 Å². The van der Waals surface area contributed by atoms with E-state index < -0.39 is 0 Å². The van der Waals surface area contributed by atoms with Crippen LogP contribution >= 0.6 is 0 Å². The summed E-state index contributed by atoms with van der Waals surface area (Å²) in [6.07, 6.45) is 3.02. The number of piperidine rings is 1. The van der Waals surface area contributed by atoms with Gasteiger partial charge < -0.3 is 19.3 Å². The third kappa shape index (κ3) is 4.31. The number of carbonyl (C=O) groups excluding carboxylic acids is 2. The Kier molecular flexibility index (Phi) is 5.91. The van der Waals surface area contributed by atoms with E-state index in [9.17, 15) is 9.59 Å². The van der Waals surface area contributed by atoms with Gasteiger partial charge in [0.05, 0.1) is 26.7 Å². The fourth-order valence-electron chi connectivity index (χ4n) is 3.50. The Balaban J connectivity index is 1.66. The molecule has 0 aromatic heterocycles. The molecule has 1 aromatic carbocycles. The summed E-state index contributed by atoms with van der Waals surface area (Å²) in [5.41, 5.74) is 0.939. The van der Waals surface area contributed by atoms with Gasteiger partial charge in [0.2, 0.25) is 11.8 Å². The van der Waals surface area contributed by atoms with Crippen LogP contribution in [0.4, 0.5) is 0 Å². The van der Waals surface area contributed by atoms with Gasteiger partial charge in [-0.1, -0.05) is 12.1 Å². The normalized spacial score (nSPS) is 21.1. The van der Waals surface area contributed by atoms with E-state index in [4.69, 9.17) is 9.47 Å². The van der Waals surface area contributed by atoms with E-state index in [1.807, 2.05) is 29.2 Å². The fraction of sp³-hybridized carbons (Fsp3) is 0.579. The minimum absolute atomic E-state index is 0.0245. The SMILES string of the molecule is COc1ccc(CC(=O)N2CCCC[C@H]2C(=O)N2CCOCC2)cc1. The number of carbonyl (C=O) groups is 2. The molecule has 0 bridgehead atoms. The summed E-state index contributed by atoms with van der Waals surface area (Å²) < 4.78 is 10.5. The van der Waals surface area contributed by atoms with Crippen LogP contribution in [0, 0.1) is 0 Å². The van der Waals surface area contributed by atoms with Gasteiger partial charge >= 0.3 is 0 Å². The molecule has 6 heteroatoms. The largest absolute Gasteiger partial charge is 0.497 e. The van der Waals surface area contributed by atoms with Crippen LogP contribution in [0.25, 0.3) is 0 Å². The second-order valence-electron chi connectivity index (χ2n) is 6.56. The maximum atomic E-state index is 12.9. The highest BCUT2D eigenvalue weighted by Gasteiger charge is 2.35. The van der Waals surface area contributed by atoms with E-state index in [0.717, 1.165) is 30.6 Å². The number of rotatable bonds is 4. The van der Waals surface area contributed by atoms with Crippen molar-refractivity contribution in [2.75, 3.05) is 40.0 Å². The molecule has 2 aliphatic rings. The zero-order valence-corrected chi connectivity index (χ0v) is 14.8. The lowest BCUT2D eigenvalue weighted by Crippen LogP contribution is -2.55. The summed E-state index contributed by atoms with van der Waals surface area (Å²) in [6.45, 7) is 3.07. The number of hydrogen-bond acceptors (Lipinski definition) is 4. The molecule has 2 heterocycles. The van der Waals surface area contributed by atoms with Crippen molar-refractivity contribution >= 4 is 11.8 Å². The molecule has 0 saturated carbocycles. The van der Waals surface area contributed by atoms with Gasteiger partial charge in [-0.3, -0.25) is 9.59 Å². The molecule has 0 N–H and O–H groups in total. The number of hydrogen-bond donors (Lipinski definition) is 0. The third-order valence-electron chi connectivity index (χ3n) is 4.95. The van der Waals surface area contributed by atoms with Crippen molar-refractivity contribution in [2.24, 2.45) is 0 Å². The molecule has 6 nitrogen and oxygen atoms in total. The quantitative estimate of drug-likeness (QED) is 0.829. The van der Waals surface area contributed by atoms with Gasteiger partial charge in [-0.25, -0.2) is 0 Å². The van der Waals surface area contributed by atoms with Crippen molar-refractivity contribution < 1.29 is 19.1 Å². The maximum Gasteiger partial charge on any atom is 0.245 e. The minimum Gasteiger partial charge on any atom is -0.497 e. The van der Waals surface area contributed by atoms with Crippen molar-refractivity contribution in [3.8, 4) is 5.75 Å². The lowest BCUT2D eigenvalue weighted by atomic mass is 9.99. The first-order valence-electron chi connectivity index (χ1n) is 8.98. The van der Waals surface area contributed by atoms with Gasteiger partial charge in [-0.15, -0.1) is 0 Å². The Morgan fingerprint density at radius 1 is 1.12 bits per heavy atom. The molecule has 1 atom stereocenters. The molecule has 2 fully saturated rings. The Labute approximate surface area is 148 Å². The van der Waals surface area contributed by atoms with Gasteiger partial charge in [-0.2, -0.15) is 0 Å². The molecule has 2 aliphatic heterocycles. The summed E-state index contributed by atoms with van der Waals surface area (Å²) >= 11 is 0. The second-order valence-corrected chi connectivity index (χ2v) is 6.56. The van der Waals surface area contributed by atoms with Crippen LogP contribution in [0.5, 0.6) is 5.75 Å². The van der Waals surface area contributed by atoms with E-state index in [-0.39, 0.29) is 17.9 Å². The molecule has 136 valence electrons. The van der Waals surface area contributed by atoms with Crippen LogP contribution in [0.2, 0.25) is 0 Å². The smallest absolute Gasteiger partial charge is 0.245 e. The average molecular weight is 346 g/mol. The highest BCUT2D eigenvalue weighted by atomic mass is 16.5. The molecule has 0 spiro atoms. The summed E-state index contributed by atoms with van der Waals surface area (Å²) in [6, 6.07) is 7.20. The Bertz CT molecular complexity index is 596. The van der Waals surface area contributed by atoms with E-state index >= 15 is 0 Å². The van der Waals surface area contributed by atoms with Crippen molar-refractivity contribution in [2.45, 2.75) is 31.7 Å². The van der Waals surface area contributed by atoms with Crippen molar-refractivity contribution in [1.29, 1.82) is 0 Å². The molecule has 0 unspecified atom stereocenters. The predicted octanol–water partition coefficient (Wildman–Crippen LogP) is 1.48. The predicted molar refractivity (Wildman–Crippen MR) is 93.4 cm³/mol. The molecular weight excluding hydrogens is 320 g/mol. The monoisotopic (exact) mass is 346 g/mol. The lowest BCUT2D eigenvalue weighted by molar-refractivity contribution is -0.149. The molecule has 2 saturated heterocycles. The first kappa shape index (κ1) is 17.7. The Hall–Kier alpha value is -2.08. The van der Waals surface area contributed by atoms with Crippen LogP contribution in [0.3, 0.4) is 0 Å². The number of amides is 2. The highest BCUT2D eigenvalue weighted by molar-refractivity contribution is 5.88. The Morgan fingerprint density at radius 2 is 1.84 bits per heavy atom. The van der Waals surface area contributed by atoms with Crippen molar-refractivity contribution in [1.82, 2.24) is 9.80 Å². The number of ether oxygens (including phenoxy) is 2. The van der Waals surface area contributed by atoms with Crippen LogP contribution in [-0.2, 0) is 20.7 Å². The van der Waals surface area contributed by atoms with Crippen molar-refractivity contribution in [3.63, 3.8) is 0 Å². The number of benzene rings is 1. The van der Waals surface area contributed by atoms with Gasteiger partial charge in [-0.05, 0) is 37.0 Å². The average Bonchev–Trinajstić information content (AvgIpc) is 2.68. The maximum absolute atomic E-state index is 12.9. The molecule has 1 aromatic rings. The van der Waals surface area contributed by atoms with Gasteiger partial charge in [0.1, 0.15) is 11.8 Å². The fourth-order valence-corrected chi connectivity index (χ4v) is 3.50. The first-order valence-corrected chi connectivity index (χ1v) is 8.98. The molecule has 2 amide bonds. The molecule has 0 aliphatic carbocycles. The topological polar surface area (TPSA) is 59.1 Å².